The van der Waals surface area contributed by atoms with Crippen molar-refractivity contribution in [2.24, 2.45) is 0 Å². The van der Waals surface area contributed by atoms with E-state index in [4.69, 9.17) is 0 Å². The Morgan fingerprint density at radius 1 is 1.39 bits per heavy atom. The fraction of sp³-hybridized carbons (Fsp3) is 0.353. The van der Waals surface area contributed by atoms with Crippen molar-refractivity contribution in [3.05, 3.63) is 53.2 Å². The molecule has 23 heavy (non-hydrogen) atoms. The Labute approximate surface area is 134 Å². The van der Waals surface area contributed by atoms with Crippen LogP contribution in [0.1, 0.15) is 29.7 Å². The van der Waals surface area contributed by atoms with Crippen LogP contribution in [0.4, 0.5) is 0 Å². The van der Waals surface area contributed by atoms with Crippen LogP contribution in [0.5, 0.6) is 0 Å². The molecule has 3 heterocycles. The molecule has 0 bridgehead atoms. The molecule has 0 aliphatic rings. The number of carbonyl (C=O) groups excluding carboxylic acids is 1. The number of amides is 1. The van der Waals surface area contributed by atoms with Gasteiger partial charge in [-0.05, 0) is 39.0 Å². The van der Waals surface area contributed by atoms with Gasteiger partial charge in [0.1, 0.15) is 5.65 Å². The molecule has 6 heteroatoms. The number of H-pyrrole nitrogens is 1. The van der Waals surface area contributed by atoms with E-state index >= 15 is 0 Å². The van der Waals surface area contributed by atoms with Crippen LogP contribution in [-0.2, 0) is 17.6 Å². The molecule has 0 radical (unpaired) electrons. The van der Waals surface area contributed by atoms with E-state index in [1.165, 1.54) is 0 Å². The van der Waals surface area contributed by atoms with E-state index in [9.17, 15) is 4.79 Å². The highest BCUT2D eigenvalue weighted by Gasteiger charge is 2.15. The zero-order chi connectivity index (χ0) is 16.4. The number of imidazole rings is 1. The lowest BCUT2D eigenvalue weighted by Crippen LogP contribution is -2.35. The molecular formula is C17H21N5O. The van der Waals surface area contributed by atoms with Gasteiger partial charge < -0.3 is 9.72 Å². The summed E-state index contributed by atoms with van der Waals surface area (Å²) in [4.78, 5) is 16.8. The number of aromatic nitrogens is 4. The van der Waals surface area contributed by atoms with Crippen molar-refractivity contribution in [1.82, 2.24) is 24.9 Å². The third-order valence-electron chi connectivity index (χ3n) is 3.84. The van der Waals surface area contributed by atoms with Gasteiger partial charge in [-0.2, -0.15) is 5.10 Å². The second-order valence-corrected chi connectivity index (χ2v) is 5.96. The maximum atomic E-state index is 12.3. The van der Waals surface area contributed by atoms with E-state index in [0.717, 1.165) is 28.4 Å². The lowest BCUT2D eigenvalue weighted by atomic mass is 10.1. The zero-order valence-electron chi connectivity index (χ0n) is 13.6. The van der Waals surface area contributed by atoms with Crippen LogP contribution in [0.25, 0.3) is 5.65 Å². The minimum atomic E-state index is -0.00138. The summed E-state index contributed by atoms with van der Waals surface area (Å²) in [5.74, 6) is -0.00138. The van der Waals surface area contributed by atoms with E-state index in [1.54, 1.807) is 0 Å². The van der Waals surface area contributed by atoms with E-state index in [2.05, 4.69) is 20.5 Å². The molecule has 0 fully saturated rings. The summed E-state index contributed by atoms with van der Waals surface area (Å²) in [7, 11) is 0. The molecule has 0 unspecified atom stereocenters. The van der Waals surface area contributed by atoms with E-state index in [0.29, 0.717) is 12.8 Å². The molecule has 3 aromatic heterocycles. The van der Waals surface area contributed by atoms with Gasteiger partial charge >= 0.3 is 0 Å². The maximum Gasteiger partial charge on any atom is 0.226 e. The average molecular weight is 311 g/mol. The summed E-state index contributed by atoms with van der Waals surface area (Å²) >= 11 is 0. The van der Waals surface area contributed by atoms with Gasteiger partial charge in [0, 0.05) is 24.4 Å². The second-order valence-electron chi connectivity index (χ2n) is 5.96. The molecule has 6 nitrogen and oxygen atoms in total. The number of rotatable bonds is 5. The van der Waals surface area contributed by atoms with Crippen molar-refractivity contribution in [2.75, 3.05) is 0 Å². The third kappa shape index (κ3) is 3.41. The van der Waals surface area contributed by atoms with Crippen molar-refractivity contribution in [2.45, 2.75) is 39.7 Å². The average Bonchev–Trinajstić information content (AvgIpc) is 3.03. The molecule has 0 saturated heterocycles. The van der Waals surface area contributed by atoms with Gasteiger partial charge in [-0.15, -0.1) is 0 Å². The summed E-state index contributed by atoms with van der Waals surface area (Å²) in [5.41, 5.74) is 4.68. The Hall–Kier alpha value is -2.63. The lowest BCUT2D eigenvalue weighted by molar-refractivity contribution is -0.121. The Morgan fingerprint density at radius 3 is 2.96 bits per heavy atom. The smallest absolute Gasteiger partial charge is 0.226 e. The van der Waals surface area contributed by atoms with Crippen molar-refractivity contribution < 1.29 is 4.79 Å². The molecular weight excluding hydrogens is 290 g/mol. The molecule has 1 atom stereocenters. The predicted molar refractivity (Wildman–Crippen MR) is 88.3 cm³/mol. The van der Waals surface area contributed by atoms with Crippen LogP contribution < -0.4 is 5.32 Å². The highest BCUT2D eigenvalue weighted by atomic mass is 16.1. The zero-order valence-corrected chi connectivity index (χ0v) is 13.6. The quantitative estimate of drug-likeness (QED) is 0.756. The number of fused-ring (bicyclic) bond motifs is 1. The molecule has 1 amide bonds. The first-order valence-corrected chi connectivity index (χ1v) is 7.75. The summed E-state index contributed by atoms with van der Waals surface area (Å²) in [6, 6.07) is 7.86. The predicted octanol–water partition coefficient (Wildman–Crippen LogP) is 1.96. The van der Waals surface area contributed by atoms with Crippen molar-refractivity contribution >= 4 is 11.6 Å². The number of aromatic amines is 1. The number of pyridine rings is 1. The molecule has 0 spiro atoms. The molecule has 2 N–H and O–H groups in total. The summed E-state index contributed by atoms with van der Waals surface area (Å²) in [5, 5.41) is 10.2. The molecule has 3 aromatic rings. The fourth-order valence-corrected chi connectivity index (χ4v) is 2.80. The molecule has 0 saturated carbocycles. The number of nitrogens with one attached hydrogen (secondary N) is 2. The minimum Gasteiger partial charge on any atom is -0.353 e. The van der Waals surface area contributed by atoms with Gasteiger partial charge in [0.15, 0.2) is 0 Å². The fourth-order valence-electron chi connectivity index (χ4n) is 2.80. The Morgan fingerprint density at radius 2 is 2.22 bits per heavy atom. The highest BCUT2D eigenvalue weighted by Crippen LogP contribution is 2.12. The van der Waals surface area contributed by atoms with Gasteiger partial charge in [0.2, 0.25) is 5.91 Å². The van der Waals surface area contributed by atoms with Crippen molar-refractivity contribution in [3.63, 3.8) is 0 Å². The first-order chi connectivity index (χ1) is 11.0. The van der Waals surface area contributed by atoms with Gasteiger partial charge in [-0.25, -0.2) is 4.98 Å². The van der Waals surface area contributed by atoms with Crippen molar-refractivity contribution in [3.8, 4) is 0 Å². The molecule has 0 aliphatic heterocycles. The normalized spacial score (nSPS) is 12.5. The van der Waals surface area contributed by atoms with Crippen molar-refractivity contribution in [1.29, 1.82) is 0 Å². The summed E-state index contributed by atoms with van der Waals surface area (Å²) < 4.78 is 1.97. The van der Waals surface area contributed by atoms with Gasteiger partial charge in [0.05, 0.1) is 23.5 Å². The van der Waals surface area contributed by atoms with Crippen LogP contribution in [0.2, 0.25) is 0 Å². The molecule has 3 rings (SSSR count). The summed E-state index contributed by atoms with van der Waals surface area (Å²) in [6.45, 7) is 5.89. The van der Waals surface area contributed by atoms with E-state index < -0.39 is 0 Å². The Bertz CT molecular complexity index is 832. The number of hydrogen-bond donors (Lipinski definition) is 2. The van der Waals surface area contributed by atoms with Crippen LogP contribution >= 0.6 is 0 Å². The van der Waals surface area contributed by atoms with Crippen LogP contribution in [0.15, 0.2) is 30.5 Å². The molecule has 0 aliphatic carbocycles. The van der Waals surface area contributed by atoms with E-state index in [1.807, 2.05) is 55.6 Å². The van der Waals surface area contributed by atoms with Gasteiger partial charge in [-0.3, -0.25) is 9.89 Å². The number of aryl methyl sites for hydroxylation is 2. The largest absolute Gasteiger partial charge is 0.353 e. The Balaban J connectivity index is 1.65. The van der Waals surface area contributed by atoms with Crippen LogP contribution in [0.3, 0.4) is 0 Å². The van der Waals surface area contributed by atoms with Crippen LogP contribution in [-0.4, -0.2) is 31.5 Å². The number of nitrogens with zero attached hydrogens (tertiary/aromatic N) is 3. The van der Waals surface area contributed by atoms with Crippen LogP contribution in [0, 0.1) is 13.8 Å². The van der Waals surface area contributed by atoms with Gasteiger partial charge in [-0.1, -0.05) is 6.07 Å². The van der Waals surface area contributed by atoms with Gasteiger partial charge in [0.25, 0.3) is 0 Å². The number of hydrogen-bond acceptors (Lipinski definition) is 3. The first-order valence-electron chi connectivity index (χ1n) is 7.75. The number of carbonyl (C=O) groups is 1. The topological polar surface area (TPSA) is 75.1 Å². The first kappa shape index (κ1) is 15.3. The minimum absolute atomic E-state index is 0.00138. The molecule has 0 aromatic carbocycles. The molecule has 120 valence electrons. The maximum absolute atomic E-state index is 12.3. The monoisotopic (exact) mass is 311 g/mol. The highest BCUT2D eigenvalue weighted by molar-refractivity contribution is 5.79. The Kier molecular flexibility index (Phi) is 4.14. The van der Waals surface area contributed by atoms with E-state index in [-0.39, 0.29) is 11.9 Å². The SMILES string of the molecule is Cc1cc(C[C@H](C)NC(=O)Cc2c(C)nc3ccccn23)n[nH]1. The summed E-state index contributed by atoms with van der Waals surface area (Å²) in [6.07, 6.45) is 2.97. The second kappa shape index (κ2) is 6.24. The lowest BCUT2D eigenvalue weighted by Gasteiger charge is -2.12. The standard InChI is InChI=1S/C17H21N5O/c1-11(8-14-9-12(2)20-21-14)18-17(23)10-15-13(3)19-16-6-4-5-7-22(15)16/h4-7,9,11H,8,10H2,1-3H3,(H,18,23)(H,20,21)/t11-/m0/s1. The third-order valence-corrected chi connectivity index (χ3v) is 3.84.